The Morgan fingerprint density at radius 2 is 2.00 bits per heavy atom. The number of hydrogen-bond acceptors (Lipinski definition) is 4. The maximum Gasteiger partial charge on any atom is 0.298 e. The standard InChI is InChI=1S/C11H11N3O3/c1-14(17-2)11(16)9-7-5-3-4-6-8(7)10(15)13-12-9/h3-6H,1-2H3,(H,13,15). The van der Waals surface area contributed by atoms with E-state index in [-0.39, 0.29) is 11.3 Å². The molecule has 0 bridgehead atoms. The van der Waals surface area contributed by atoms with Gasteiger partial charge in [-0.15, -0.1) is 0 Å². The average Bonchev–Trinajstić information content (AvgIpc) is 2.38. The predicted octanol–water partition coefficient (Wildman–Crippen LogP) is 0.556. The van der Waals surface area contributed by atoms with Gasteiger partial charge in [-0.05, 0) is 6.07 Å². The Bertz CT molecular complexity index is 621. The maximum atomic E-state index is 11.9. The van der Waals surface area contributed by atoms with Crippen LogP contribution in [0.4, 0.5) is 0 Å². The van der Waals surface area contributed by atoms with Gasteiger partial charge in [0.2, 0.25) is 0 Å². The third-order valence-electron chi connectivity index (χ3n) is 2.46. The minimum atomic E-state index is -0.417. The Hall–Kier alpha value is -2.21. The molecule has 6 heteroatoms. The number of aromatic nitrogens is 2. The Kier molecular flexibility index (Phi) is 2.88. The summed E-state index contributed by atoms with van der Waals surface area (Å²) in [4.78, 5) is 28.2. The van der Waals surface area contributed by atoms with Crippen LogP contribution in [0.5, 0.6) is 0 Å². The summed E-state index contributed by atoms with van der Waals surface area (Å²) >= 11 is 0. The summed E-state index contributed by atoms with van der Waals surface area (Å²) in [5, 5.41) is 8.04. The lowest BCUT2D eigenvalue weighted by Crippen LogP contribution is -2.28. The third kappa shape index (κ3) is 1.90. The second-order valence-corrected chi connectivity index (χ2v) is 3.43. The van der Waals surface area contributed by atoms with E-state index in [1.165, 1.54) is 14.2 Å². The van der Waals surface area contributed by atoms with Crippen LogP contribution in [-0.4, -0.2) is 35.3 Å². The van der Waals surface area contributed by atoms with Crippen molar-refractivity contribution in [3.05, 3.63) is 40.3 Å². The molecule has 0 saturated heterocycles. The van der Waals surface area contributed by atoms with E-state index < -0.39 is 5.91 Å². The lowest BCUT2D eigenvalue weighted by atomic mass is 10.1. The second-order valence-electron chi connectivity index (χ2n) is 3.43. The van der Waals surface area contributed by atoms with E-state index in [0.29, 0.717) is 10.8 Å². The summed E-state index contributed by atoms with van der Waals surface area (Å²) in [6, 6.07) is 6.78. The molecule has 0 saturated carbocycles. The molecule has 0 atom stereocenters. The van der Waals surface area contributed by atoms with Crippen molar-refractivity contribution in [1.82, 2.24) is 15.3 Å². The van der Waals surface area contributed by atoms with Gasteiger partial charge in [-0.2, -0.15) is 5.10 Å². The summed E-state index contributed by atoms with van der Waals surface area (Å²) in [5.74, 6) is -0.417. The molecule has 1 aromatic heterocycles. The molecular weight excluding hydrogens is 222 g/mol. The number of carbonyl (C=O) groups excluding carboxylic acids is 1. The highest BCUT2D eigenvalue weighted by Crippen LogP contribution is 2.13. The van der Waals surface area contributed by atoms with Crippen LogP contribution in [0.2, 0.25) is 0 Å². The molecule has 1 aromatic carbocycles. The van der Waals surface area contributed by atoms with Gasteiger partial charge in [-0.25, -0.2) is 10.2 Å². The quantitative estimate of drug-likeness (QED) is 0.769. The number of nitrogens with one attached hydrogen (secondary N) is 1. The van der Waals surface area contributed by atoms with Crippen molar-refractivity contribution in [2.24, 2.45) is 0 Å². The molecule has 17 heavy (non-hydrogen) atoms. The molecule has 2 rings (SSSR count). The first kappa shape index (κ1) is 11.3. The molecule has 1 heterocycles. The van der Waals surface area contributed by atoms with E-state index in [9.17, 15) is 9.59 Å². The molecule has 0 aliphatic rings. The molecule has 0 aliphatic heterocycles. The van der Waals surface area contributed by atoms with Gasteiger partial charge in [0.25, 0.3) is 11.5 Å². The van der Waals surface area contributed by atoms with Crippen molar-refractivity contribution in [3.8, 4) is 0 Å². The summed E-state index contributed by atoms with van der Waals surface area (Å²) in [5.41, 5.74) is -0.165. The SMILES string of the molecule is CON(C)C(=O)c1n[nH]c(=O)c2ccccc12. The zero-order chi connectivity index (χ0) is 12.4. The van der Waals surface area contributed by atoms with Crippen LogP contribution in [0.15, 0.2) is 29.1 Å². The first-order valence-electron chi connectivity index (χ1n) is 4.94. The van der Waals surface area contributed by atoms with Crippen molar-refractivity contribution in [2.75, 3.05) is 14.2 Å². The molecule has 1 N–H and O–H groups in total. The third-order valence-corrected chi connectivity index (χ3v) is 2.46. The van der Waals surface area contributed by atoms with Crippen molar-refractivity contribution in [3.63, 3.8) is 0 Å². The first-order chi connectivity index (χ1) is 8.15. The fraction of sp³-hybridized carbons (Fsp3) is 0.182. The van der Waals surface area contributed by atoms with Gasteiger partial charge in [0.05, 0.1) is 12.5 Å². The van der Waals surface area contributed by atoms with Gasteiger partial charge in [0, 0.05) is 12.4 Å². The van der Waals surface area contributed by atoms with Crippen LogP contribution in [-0.2, 0) is 4.84 Å². The Morgan fingerprint density at radius 1 is 1.35 bits per heavy atom. The molecule has 0 aliphatic carbocycles. The number of rotatable bonds is 2. The second kappa shape index (κ2) is 4.34. The van der Waals surface area contributed by atoms with Gasteiger partial charge < -0.3 is 0 Å². The number of benzene rings is 1. The largest absolute Gasteiger partial charge is 0.298 e. The summed E-state index contributed by atoms with van der Waals surface area (Å²) in [7, 11) is 2.86. The summed E-state index contributed by atoms with van der Waals surface area (Å²) in [6.45, 7) is 0. The van der Waals surface area contributed by atoms with Crippen LogP contribution in [0.25, 0.3) is 10.8 Å². The van der Waals surface area contributed by atoms with Crippen molar-refractivity contribution in [1.29, 1.82) is 0 Å². The van der Waals surface area contributed by atoms with E-state index in [1.807, 2.05) is 0 Å². The molecular formula is C11H11N3O3. The topological polar surface area (TPSA) is 75.3 Å². The maximum absolute atomic E-state index is 11.9. The van der Waals surface area contributed by atoms with Crippen LogP contribution in [0.3, 0.4) is 0 Å². The summed E-state index contributed by atoms with van der Waals surface area (Å²) < 4.78 is 0. The molecule has 0 unspecified atom stereocenters. The highest BCUT2D eigenvalue weighted by Gasteiger charge is 2.17. The number of carbonyl (C=O) groups is 1. The van der Waals surface area contributed by atoms with Crippen LogP contribution in [0.1, 0.15) is 10.5 Å². The Labute approximate surface area is 96.8 Å². The monoisotopic (exact) mass is 233 g/mol. The number of H-pyrrole nitrogens is 1. The molecule has 0 spiro atoms. The van der Waals surface area contributed by atoms with Crippen LogP contribution in [0, 0.1) is 0 Å². The number of hydrogen-bond donors (Lipinski definition) is 1. The molecule has 6 nitrogen and oxygen atoms in total. The Balaban J connectivity index is 2.67. The normalized spacial score (nSPS) is 10.5. The van der Waals surface area contributed by atoms with Crippen molar-refractivity contribution in [2.45, 2.75) is 0 Å². The van der Waals surface area contributed by atoms with Gasteiger partial charge in [-0.1, -0.05) is 18.2 Å². The smallest absolute Gasteiger partial charge is 0.274 e. The minimum absolute atomic E-state index is 0.157. The zero-order valence-corrected chi connectivity index (χ0v) is 9.43. The van der Waals surface area contributed by atoms with Crippen molar-refractivity contribution >= 4 is 16.7 Å². The lowest BCUT2D eigenvalue weighted by Gasteiger charge is -2.13. The van der Waals surface area contributed by atoms with Crippen LogP contribution < -0.4 is 5.56 Å². The average molecular weight is 233 g/mol. The van der Waals surface area contributed by atoms with E-state index in [1.54, 1.807) is 24.3 Å². The van der Waals surface area contributed by atoms with Gasteiger partial charge in [-0.3, -0.25) is 14.4 Å². The molecule has 0 fully saturated rings. The van der Waals surface area contributed by atoms with Crippen molar-refractivity contribution < 1.29 is 9.63 Å². The number of amides is 1. The minimum Gasteiger partial charge on any atom is -0.274 e. The van der Waals surface area contributed by atoms with E-state index in [4.69, 9.17) is 4.84 Å². The van der Waals surface area contributed by atoms with Gasteiger partial charge in [0.1, 0.15) is 0 Å². The van der Waals surface area contributed by atoms with Gasteiger partial charge in [0.15, 0.2) is 5.69 Å². The molecule has 0 radical (unpaired) electrons. The molecule has 88 valence electrons. The number of nitrogens with zero attached hydrogens (tertiary/aromatic N) is 2. The number of hydroxylamine groups is 2. The number of fused-ring (bicyclic) bond motifs is 1. The number of aromatic amines is 1. The fourth-order valence-corrected chi connectivity index (χ4v) is 1.51. The first-order valence-corrected chi connectivity index (χ1v) is 4.94. The zero-order valence-electron chi connectivity index (χ0n) is 9.43. The Morgan fingerprint density at radius 3 is 2.65 bits per heavy atom. The van der Waals surface area contributed by atoms with Crippen LogP contribution >= 0.6 is 0 Å². The molecule has 2 aromatic rings. The highest BCUT2D eigenvalue weighted by atomic mass is 16.7. The molecule has 1 amide bonds. The predicted molar refractivity (Wildman–Crippen MR) is 61.5 cm³/mol. The fourth-order valence-electron chi connectivity index (χ4n) is 1.51. The lowest BCUT2D eigenvalue weighted by molar-refractivity contribution is -0.0759. The highest BCUT2D eigenvalue weighted by molar-refractivity contribution is 6.04. The van der Waals surface area contributed by atoms with E-state index in [0.717, 1.165) is 5.06 Å². The van der Waals surface area contributed by atoms with E-state index >= 15 is 0 Å². The summed E-state index contributed by atoms with van der Waals surface area (Å²) in [6.07, 6.45) is 0. The van der Waals surface area contributed by atoms with E-state index in [2.05, 4.69) is 10.2 Å². The van der Waals surface area contributed by atoms with Gasteiger partial charge >= 0.3 is 0 Å².